The molecule has 1 amide bonds. The number of aromatic nitrogens is 2. The number of halogens is 2. The van der Waals surface area contributed by atoms with Gasteiger partial charge in [0, 0.05) is 31.8 Å². The molecule has 0 saturated carbocycles. The maximum absolute atomic E-state index is 13.6. The molecule has 0 N–H and O–H groups in total. The second-order valence-corrected chi connectivity index (χ2v) is 5.88. The Morgan fingerprint density at radius 2 is 2.25 bits per heavy atom. The summed E-state index contributed by atoms with van der Waals surface area (Å²) in [5.41, 5.74) is 1.14. The number of rotatable bonds is 4. The minimum atomic E-state index is -0.498. The molecule has 1 aliphatic rings. The summed E-state index contributed by atoms with van der Waals surface area (Å²) in [6, 6.07) is 3.30. The molecule has 2 heterocycles. The Balaban J connectivity index is 1.59. The van der Waals surface area contributed by atoms with Gasteiger partial charge in [0.25, 0.3) is 0 Å². The molecule has 0 spiro atoms. The topological polar surface area (TPSA) is 47.4 Å². The smallest absolute Gasteiger partial charge is 0.223 e. The molecule has 3 rings (SSSR count). The molecule has 1 atom stereocenters. The molecule has 1 saturated heterocycles. The van der Waals surface area contributed by atoms with E-state index in [0.717, 1.165) is 23.8 Å². The van der Waals surface area contributed by atoms with E-state index in [1.165, 1.54) is 0 Å². The van der Waals surface area contributed by atoms with Gasteiger partial charge < -0.3 is 9.64 Å². The number of carbonyl (C=O) groups is 1. The number of hydrogen-bond donors (Lipinski definition) is 0. The van der Waals surface area contributed by atoms with Gasteiger partial charge in [-0.2, -0.15) is 5.10 Å². The van der Waals surface area contributed by atoms with Crippen LogP contribution in [0.5, 0.6) is 0 Å². The van der Waals surface area contributed by atoms with Gasteiger partial charge in [-0.25, -0.2) is 8.78 Å². The zero-order chi connectivity index (χ0) is 17.1. The van der Waals surface area contributed by atoms with Crippen LogP contribution in [-0.2, 0) is 23.0 Å². The molecule has 24 heavy (non-hydrogen) atoms. The SMILES string of the molecule is Cn1cc(C2CN(C(=O)CCc3cc(F)ccc3F)CCO2)cn1. The highest BCUT2D eigenvalue weighted by Gasteiger charge is 2.26. The summed E-state index contributed by atoms with van der Waals surface area (Å²) in [6.45, 7) is 1.39. The molecule has 1 aromatic carbocycles. The third-order valence-electron chi connectivity index (χ3n) is 4.13. The highest BCUT2D eigenvalue weighted by Crippen LogP contribution is 2.22. The van der Waals surface area contributed by atoms with Crippen molar-refractivity contribution < 1.29 is 18.3 Å². The summed E-state index contributed by atoms with van der Waals surface area (Å²) in [6.07, 6.45) is 3.70. The van der Waals surface area contributed by atoms with Crippen molar-refractivity contribution in [2.45, 2.75) is 18.9 Å². The molecule has 1 aromatic heterocycles. The van der Waals surface area contributed by atoms with Gasteiger partial charge in [0.05, 0.1) is 19.3 Å². The lowest BCUT2D eigenvalue weighted by Gasteiger charge is -2.32. The number of benzene rings is 1. The molecule has 5 nitrogen and oxygen atoms in total. The molecule has 7 heteroatoms. The molecule has 2 aromatic rings. The van der Waals surface area contributed by atoms with Gasteiger partial charge in [0.2, 0.25) is 5.91 Å². The van der Waals surface area contributed by atoms with Gasteiger partial charge in [0.1, 0.15) is 17.7 Å². The normalized spacial score (nSPS) is 18.0. The first-order chi connectivity index (χ1) is 11.5. The largest absolute Gasteiger partial charge is 0.370 e. The van der Waals surface area contributed by atoms with Gasteiger partial charge in [0.15, 0.2) is 0 Å². The number of carbonyl (C=O) groups excluding carboxylic acids is 1. The Bertz CT molecular complexity index is 732. The summed E-state index contributed by atoms with van der Waals surface area (Å²) < 4.78 is 34.2. The third kappa shape index (κ3) is 3.79. The van der Waals surface area contributed by atoms with Gasteiger partial charge in [-0.05, 0) is 30.2 Å². The van der Waals surface area contributed by atoms with Gasteiger partial charge in [-0.1, -0.05) is 0 Å². The highest BCUT2D eigenvalue weighted by atomic mass is 19.1. The lowest BCUT2D eigenvalue weighted by Crippen LogP contribution is -2.42. The second-order valence-electron chi connectivity index (χ2n) is 5.88. The fourth-order valence-electron chi connectivity index (χ4n) is 2.82. The first kappa shape index (κ1) is 16.6. The summed E-state index contributed by atoms with van der Waals surface area (Å²) >= 11 is 0. The van der Waals surface area contributed by atoms with Crippen molar-refractivity contribution in [1.29, 1.82) is 0 Å². The fourth-order valence-corrected chi connectivity index (χ4v) is 2.82. The van der Waals surface area contributed by atoms with Crippen LogP contribution in [0.25, 0.3) is 0 Å². The molecular formula is C17H19F2N3O2. The van der Waals surface area contributed by atoms with Crippen molar-refractivity contribution in [2.24, 2.45) is 7.05 Å². The summed E-state index contributed by atoms with van der Waals surface area (Å²) in [7, 11) is 1.82. The Morgan fingerprint density at radius 1 is 1.42 bits per heavy atom. The van der Waals surface area contributed by atoms with Crippen LogP contribution in [0.2, 0.25) is 0 Å². The molecule has 0 bridgehead atoms. The zero-order valence-electron chi connectivity index (χ0n) is 13.4. The maximum atomic E-state index is 13.6. The number of hydrogen-bond acceptors (Lipinski definition) is 3. The van der Waals surface area contributed by atoms with Crippen molar-refractivity contribution in [3.8, 4) is 0 Å². The number of aryl methyl sites for hydroxylation is 2. The highest BCUT2D eigenvalue weighted by molar-refractivity contribution is 5.76. The quantitative estimate of drug-likeness (QED) is 0.861. The summed E-state index contributed by atoms with van der Waals surface area (Å²) in [4.78, 5) is 14.1. The van der Waals surface area contributed by atoms with E-state index in [0.29, 0.717) is 19.7 Å². The van der Waals surface area contributed by atoms with E-state index in [9.17, 15) is 13.6 Å². The van der Waals surface area contributed by atoms with E-state index in [1.54, 1.807) is 15.8 Å². The van der Waals surface area contributed by atoms with Crippen molar-refractivity contribution in [3.05, 3.63) is 53.4 Å². The number of morpholine rings is 1. The van der Waals surface area contributed by atoms with Crippen molar-refractivity contribution >= 4 is 5.91 Å². The minimum absolute atomic E-state index is 0.0872. The number of nitrogens with zero attached hydrogens (tertiary/aromatic N) is 3. The maximum Gasteiger partial charge on any atom is 0.223 e. The first-order valence-corrected chi connectivity index (χ1v) is 7.85. The van der Waals surface area contributed by atoms with Gasteiger partial charge >= 0.3 is 0 Å². The van der Waals surface area contributed by atoms with Crippen LogP contribution in [0.3, 0.4) is 0 Å². The Kier molecular flexibility index (Phi) is 4.89. The van der Waals surface area contributed by atoms with Crippen LogP contribution in [0.1, 0.15) is 23.7 Å². The predicted molar refractivity (Wildman–Crippen MR) is 83.2 cm³/mol. The minimum Gasteiger partial charge on any atom is -0.370 e. The number of amides is 1. The van der Waals surface area contributed by atoms with Crippen LogP contribution in [0.15, 0.2) is 30.6 Å². The lowest BCUT2D eigenvalue weighted by atomic mass is 10.1. The molecule has 1 aliphatic heterocycles. The van der Waals surface area contributed by atoms with E-state index in [1.807, 2.05) is 13.2 Å². The monoisotopic (exact) mass is 335 g/mol. The van der Waals surface area contributed by atoms with Gasteiger partial charge in [-0.15, -0.1) is 0 Å². The lowest BCUT2D eigenvalue weighted by molar-refractivity contribution is -0.139. The van der Waals surface area contributed by atoms with Crippen LogP contribution >= 0.6 is 0 Å². The van der Waals surface area contributed by atoms with E-state index in [4.69, 9.17) is 4.74 Å². The van der Waals surface area contributed by atoms with Crippen LogP contribution in [0.4, 0.5) is 8.78 Å². The van der Waals surface area contributed by atoms with Gasteiger partial charge in [-0.3, -0.25) is 9.48 Å². The fraction of sp³-hybridized carbons (Fsp3) is 0.412. The van der Waals surface area contributed by atoms with Crippen molar-refractivity contribution in [3.63, 3.8) is 0 Å². The Morgan fingerprint density at radius 3 is 3.00 bits per heavy atom. The molecule has 0 radical (unpaired) electrons. The summed E-state index contributed by atoms with van der Waals surface area (Å²) in [5.74, 6) is -1.07. The second kappa shape index (κ2) is 7.09. The number of ether oxygens (including phenoxy) is 1. The Labute approximate surface area is 138 Å². The first-order valence-electron chi connectivity index (χ1n) is 7.85. The van der Waals surface area contributed by atoms with E-state index in [-0.39, 0.29) is 30.4 Å². The van der Waals surface area contributed by atoms with E-state index >= 15 is 0 Å². The van der Waals surface area contributed by atoms with Crippen molar-refractivity contribution in [1.82, 2.24) is 14.7 Å². The van der Waals surface area contributed by atoms with E-state index in [2.05, 4.69) is 5.10 Å². The van der Waals surface area contributed by atoms with Crippen LogP contribution in [0, 0.1) is 11.6 Å². The molecule has 1 unspecified atom stereocenters. The predicted octanol–water partition coefficient (Wildman–Crippen LogP) is 2.23. The molecule has 0 aliphatic carbocycles. The molecule has 1 fully saturated rings. The third-order valence-corrected chi connectivity index (χ3v) is 4.13. The van der Waals surface area contributed by atoms with Crippen LogP contribution in [-0.4, -0.2) is 40.3 Å². The Hall–Kier alpha value is -2.28. The summed E-state index contributed by atoms with van der Waals surface area (Å²) in [5, 5.41) is 4.11. The van der Waals surface area contributed by atoms with Crippen molar-refractivity contribution in [2.75, 3.05) is 19.7 Å². The zero-order valence-corrected chi connectivity index (χ0v) is 13.4. The van der Waals surface area contributed by atoms with Crippen LogP contribution < -0.4 is 0 Å². The average Bonchev–Trinajstić information content (AvgIpc) is 3.02. The average molecular weight is 335 g/mol. The molecular weight excluding hydrogens is 316 g/mol. The standard InChI is InChI=1S/C17H19F2N3O2/c1-21-10-13(9-20-21)16-11-22(6-7-24-16)17(23)5-2-12-8-14(18)3-4-15(12)19/h3-4,8-10,16H,2,5-7,11H2,1H3. The van der Waals surface area contributed by atoms with E-state index < -0.39 is 11.6 Å². The molecule has 128 valence electrons.